The number of benzene rings is 2. The van der Waals surface area contributed by atoms with Gasteiger partial charge in [-0.2, -0.15) is 0 Å². The lowest BCUT2D eigenvalue weighted by Gasteiger charge is -2.23. The normalized spacial score (nSPS) is 15.0. The van der Waals surface area contributed by atoms with Crippen molar-refractivity contribution < 1.29 is 13.6 Å². The first-order valence-corrected chi connectivity index (χ1v) is 11.9. The van der Waals surface area contributed by atoms with Crippen LogP contribution in [-0.2, 0) is 0 Å². The van der Waals surface area contributed by atoms with Gasteiger partial charge in [-0.3, -0.25) is 0 Å². The number of halogens is 2. The second-order valence-corrected chi connectivity index (χ2v) is 8.95. The summed E-state index contributed by atoms with van der Waals surface area (Å²) in [4.78, 5) is 16.8. The molecule has 8 heteroatoms. The topological polar surface area (TPSA) is 47.6 Å². The quantitative estimate of drug-likeness (QED) is 0.473. The minimum absolute atomic E-state index is 0.186. The Balaban J connectivity index is 1.17. The van der Waals surface area contributed by atoms with E-state index in [4.69, 9.17) is 0 Å². The van der Waals surface area contributed by atoms with Crippen LogP contribution in [0.15, 0.2) is 47.8 Å². The van der Waals surface area contributed by atoms with Gasteiger partial charge in [0.05, 0.1) is 5.69 Å². The van der Waals surface area contributed by atoms with Crippen molar-refractivity contribution in [3.8, 4) is 0 Å². The Bertz CT molecular complexity index is 1060. The van der Waals surface area contributed by atoms with Crippen LogP contribution in [0.2, 0.25) is 0 Å². The SMILES string of the molecule is O=C(NCCCCN1CCCN(c2csc3cc(F)ccc23)CC1)Nc1cccc(F)c1. The van der Waals surface area contributed by atoms with E-state index in [-0.39, 0.29) is 17.7 Å². The van der Waals surface area contributed by atoms with Crippen LogP contribution in [0, 0.1) is 11.6 Å². The molecule has 0 saturated carbocycles. The Labute approximate surface area is 191 Å². The standard InChI is InChI=1S/C24H28F2N4OS/c25-18-5-3-6-20(15-18)28-24(31)27-9-1-2-10-29-11-4-12-30(14-13-29)22-17-32-23-16-19(26)7-8-21(22)23/h3,5-8,15-17H,1-2,4,9-14H2,(H2,27,28,31). The fourth-order valence-electron chi connectivity index (χ4n) is 4.07. The maximum Gasteiger partial charge on any atom is 0.319 e. The van der Waals surface area contributed by atoms with Gasteiger partial charge >= 0.3 is 6.03 Å². The van der Waals surface area contributed by atoms with Gasteiger partial charge in [-0.1, -0.05) is 6.07 Å². The predicted octanol–water partition coefficient (Wildman–Crippen LogP) is 5.29. The smallest absolute Gasteiger partial charge is 0.319 e. The Morgan fingerprint density at radius 3 is 2.75 bits per heavy atom. The Morgan fingerprint density at radius 1 is 1.00 bits per heavy atom. The average Bonchev–Trinajstić information content (AvgIpc) is 3.03. The number of unbranched alkanes of at least 4 members (excludes halogenated alkanes) is 1. The van der Waals surface area contributed by atoms with Crippen LogP contribution >= 0.6 is 11.3 Å². The van der Waals surface area contributed by atoms with Crippen molar-refractivity contribution >= 4 is 38.8 Å². The molecule has 0 radical (unpaired) electrons. The van der Waals surface area contributed by atoms with E-state index < -0.39 is 0 Å². The maximum atomic E-state index is 13.5. The average molecular weight is 459 g/mol. The number of fused-ring (bicyclic) bond motifs is 1. The van der Waals surface area contributed by atoms with Crippen molar-refractivity contribution in [2.75, 3.05) is 49.5 Å². The minimum Gasteiger partial charge on any atom is -0.369 e. The number of hydrogen-bond donors (Lipinski definition) is 2. The number of nitrogens with zero attached hydrogens (tertiary/aromatic N) is 2. The largest absolute Gasteiger partial charge is 0.369 e. The number of nitrogens with one attached hydrogen (secondary N) is 2. The van der Waals surface area contributed by atoms with Gasteiger partial charge < -0.3 is 20.4 Å². The molecule has 2 aromatic carbocycles. The van der Waals surface area contributed by atoms with Gasteiger partial charge in [0.25, 0.3) is 0 Å². The Kier molecular flexibility index (Phi) is 7.55. The van der Waals surface area contributed by atoms with Crippen molar-refractivity contribution in [3.63, 3.8) is 0 Å². The van der Waals surface area contributed by atoms with Gasteiger partial charge in [-0.05, 0) is 68.8 Å². The third-order valence-corrected chi connectivity index (χ3v) is 6.65. The third kappa shape index (κ3) is 5.95. The summed E-state index contributed by atoms with van der Waals surface area (Å²) in [6, 6.07) is 10.6. The molecular weight excluding hydrogens is 430 g/mol. The summed E-state index contributed by atoms with van der Waals surface area (Å²) in [7, 11) is 0. The monoisotopic (exact) mass is 458 g/mol. The number of hydrogen-bond acceptors (Lipinski definition) is 4. The molecule has 0 spiro atoms. The molecule has 2 heterocycles. The molecule has 5 nitrogen and oxygen atoms in total. The fourth-order valence-corrected chi connectivity index (χ4v) is 5.07. The summed E-state index contributed by atoms with van der Waals surface area (Å²) in [6.45, 7) is 5.58. The van der Waals surface area contributed by atoms with Crippen LogP contribution in [0.25, 0.3) is 10.1 Å². The lowest BCUT2D eigenvalue weighted by Crippen LogP contribution is -2.32. The van der Waals surface area contributed by atoms with Crippen LogP contribution in [0.5, 0.6) is 0 Å². The Morgan fingerprint density at radius 2 is 1.88 bits per heavy atom. The maximum absolute atomic E-state index is 13.5. The molecular formula is C24H28F2N4OS. The summed E-state index contributed by atoms with van der Waals surface area (Å²) in [5, 5.41) is 8.73. The van der Waals surface area contributed by atoms with Crippen molar-refractivity contribution in [3.05, 3.63) is 59.5 Å². The van der Waals surface area contributed by atoms with Crippen LogP contribution in [-0.4, -0.2) is 50.2 Å². The second kappa shape index (κ2) is 10.7. The molecule has 1 aromatic heterocycles. The number of urea groups is 1. The summed E-state index contributed by atoms with van der Waals surface area (Å²) >= 11 is 1.60. The molecule has 0 atom stereocenters. The molecule has 0 bridgehead atoms. The molecule has 1 fully saturated rings. The third-order valence-electron chi connectivity index (χ3n) is 5.72. The first-order chi connectivity index (χ1) is 15.6. The van der Waals surface area contributed by atoms with Gasteiger partial charge in [0.1, 0.15) is 11.6 Å². The molecule has 1 aliphatic heterocycles. The first kappa shape index (κ1) is 22.5. The summed E-state index contributed by atoms with van der Waals surface area (Å²) in [5.74, 6) is -0.561. The van der Waals surface area contributed by atoms with Crippen molar-refractivity contribution in [1.29, 1.82) is 0 Å². The molecule has 32 heavy (non-hydrogen) atoms. The summed E-state index contributed by atoms with van der Waals surface area (Å²) in [6.07, 6.45) is 2.98. The summed E-state index contributed by atoms with van der Waals surface area (Å²) < 4.78 is 27.6. The van der Waals surface area contributed by atoms with Crippen molar-refractivity contribution in [1.82, 2.24) is 10.2 Å². The van der Waals surface area contributed by atoms with E-state index >= 15 is 0 Å². The molecule has 0 unspecified atom stereocenters. The molecule has 2 amide bonds. The molecule has 0 aliphatic carbocycles. The molecule has 170 valence electrons. The highest BCUT2D eigenvalue weighted by Crippen LogP contribution is 2.34. The molecule has 4 rings (SSSR count). The van der Waals surface area contributed by atoms with Crippen LogP contribution in [0.3, 0.4) is 0 Å². The number of amides is 2. The highest BCUT2D eigenvalue weighted by atomic mass is 32.1. The van der Waals surface area contributed by atoms with E-state index in [0.29, 0.717) is 12.2 Å². The van der Waals surface area contributed by atoms with Gasteiger partial charge in [0, 0.05) is 47.3 Å². The minimum atomic E-state index is -0.375. The van der Waals surface area contributed by atoms with E-state index in [1.807, 2.05) is 6.07 Å². The van der Waals surface area contributed by atoms with Gasteiger partial charge in [0.15, 0.2) is 0 Å². The van der Waals surface area contributed by atoms with Crippen LogP contribution in [0.1, 0.15) is 19.3 Å². The van der Waals surface area contributed by atoms with E-state index in [9.17, 15) is 13.6 Å². The zero-order chi connectivity index (χ0) is 22.3. The van der Waals surface area contributed by atoms with E-state index in [1.54, 1.807) is 29.5 Å². The van der Waals surface area contributed by atoms with Gasteiger partial charge in [-0.25, -0.2) is 13.6 Å². The number of rotatable bonds is 7. The van der Waals surface area contributed by atoms with E-state index in [2.05, 4.69) is 25.8 Å². The van der Waals surface area contributed by atoms with Crippen LogP contribution < -0.4 is 15.5 Å². The lowest BCUT2D eigenvalue weighted by molar-refractivity contribution is 0.251. The molecule has 1 saturated heterocycles. The summed E-state index contributed by atoms with van der Waals surface area (Å²) in [5.41, 5.74) is 1.65. The molecule has 2 N–H and O–H groups in total. The second-order valence-electron chi connectivity index (χ2n) is 8.04. The number of carbonyl (C=O) groups is 1. The fraction of sp³-hybridized carbons (Fsp3) is 0.375. The van der Waals surface area contributed by atoms with Gasteiger partial charge in [0.2, 0.25) is 0 Å². The lowest BCUT2D eigenvalue weighted by atomic mass is 10.2. The Hall–Kier alpha value is -2.71. The zero-order valence-electron chi connectivity index (χ0n) is 17.9. The number of thiophene rings is 1. The molecule has 3 aromatic rings. The van der Waals surface area contributed by atoms with E-state index in [0.717, 1.165) is 62.1 Å². The van der Waals surface area contributed by atoms with Crippen LogP contribution in [0.4, 0.5) is 25.0 Å². The number of carbonyl (C=O) groups excluding carboxylic acids is 1. The zero-order valence-corrected chi connectivity index (χ0v) is 18.8. The highest BCUT2D eigenvalue weighted by molar-refractivity contribution is 7.17. The van der Waals surface area contributed by atoms with Crippen molar-refractivity contribution in [2.45, 2.75) is 19.3 Å². The first-order valence-electron chi connectivity index (χ1n) is 11.0. The van der Waals surface area contributed by atoms with Gasteiger partial charge in [-0.15, -0.1) is 11.3 Å². The molecule has 1 aliphatic rings. The highest BCUT2D eigenvalue weighted by Gasteiger charge is 2.17. The van der Waals surface area contributed by atoms with E-state index in [1.165, 1.54) is 23.9 Å². The number of anilines is 2. The van der Waals surface area contributed by atoms with Crippen molar-refractivity contribution in [2.24, 2.45) is 0 Å². The predicted molar refractivity (Wildman–Crippen MR) is 128 cm³/mol.